The van der Waals surface area contributed by atoms with E-state index in [2.05, 4.69) is 20.7 Å². The fourth-order valence-corrected chi connectivity index (χ4v) is 4.26. The molecule has 0 aliphatic carbocycles. The van der Waals surface area contributed by atoms with Crippen molar-refractivity contribution in [2.75, 3.05) is 55.8 Å². The quantitative estimate of drug-likeness (QED) is 0.345. The standard InChI is InChI=1S/C27H29N5O4/c1-18-3-2-4-21(17-18)30-27(33)29-20-7-5-19(6-8-20)22-9-10-23(25-24(22)26(28)31-36-25)35-16-13-32-11-14-34-15-12-32/h2-10,17H,11-16H2,1H3,(H2,28,31)(H2,29,30,33). The number of nitrogens with one attached hydrogen (secondary N) is 2. The van der Waals surface area contributed by atoms with Crippen molar-refractivity contribution in [3.05, 3.63) is 66.2 Å². The molecule has 186 valence electrons. The number of anilines is 3. The Hall–Kier alpha value is -4.08. The van der Waals surface area contributed by atoms with Crippen LogP contribution in [0.1, 0.15) is 5.56 Å². The number of nitrogens with two attached hydrogens (primary N) is 1. The second kappa shape index (κ2) is 10.7. The summed E-state index contributed by atoms with van der Waals surface area (Å²) in [5, 5.41) is 10.4. The topological polar surface area (TPSA) is 115 Å². The Morgan fingerprint density at radius 1 is 1.06 bits per heavy atom. The number of aromatic nitrogens is 1. The van der Waals surface area contributed by atoms with Gasteiger partial charge in [-0.2, -0.15) is 0 Å². The Kier molecular flexibility index (Phi) is 7.01. The Labute approximate surface area is 209 Å². The number of carbonyl (C=O) groups excluding carboxylic acids is 1. The molecule has 2 heterocycles. The largest absolute Gasteiger partial charge is 0.488 e. The Morgan fingerprint density at radius 3 is 2.61 bits per heavy atom. The molecule has 9 heteroatoms. The first-order valence-electron chi connectivity index (χ1n) is 11.9. The van der Waals surface area contributed by atoms with Crippen molar-refractivity contribution in [3.63, 3.8) is 0 Å². The van der Waals surface area contributed by atoms with E-state index in [1.165, 1.54) is 0 Å². The molecule has 3 aromatic carbocycles. The molecule has 5 rings (SSSR count). The lowest BCUT2D eigenvalue weighted by Gasteiger charge is -2.26. The van der Waals surface area contributed by atoms with Gasteiger partial charge in [-0.3, -0.25) is 4.90 Å². The molecule has 1 aliphatic rings. The van der Waals surface area contributed by atoms with Crippen molar-refractivity contribution in [1.82, 2.24) is 10.1 Å². The monoisotopic (exact) mass is 487 g/mol. The first kappa shape index (κ1) is 23.7. The molecule has 4 N–H and O–H groups in total. The molecular formula is C27H29N5O4. The van der Waals surface area contributed by atoms with E-state index in [1.54, 1.807) is 0 Å². The first-order valence-corrected chi connectivity index (χ1v) is 11.9. The fraction of sp³-hybridized carbons (Fsp3) is 0.259. The molecule has 9 nitrogen and oxygen atoms in total. The molecule has 0 atom stereocenters. The maximum Gasteiger partial charge on any atom is 0.323 e. The van der Waals surface area contributed by atoms with E-state index in [9.17, 15) is 4.79 Å². The second-order valence-corrected chi connectivity index (χ2v) is 8.71. The number of rotatable bonds is 7. The van der Waals surface area contributed by atoms with E-state index < -0.39 is 0 Å². The van der Waals surface area contributed by atoms with Gasteiger partial charge in [-0.1, -0.05) is 29.4 Å². The lowest BCUT2D eigenvalue weighted by molar-refractivity contribution is 0.0322. The number of nitrogen functional groups attached to an aromatic ring is 1. The Balaban J connectivity index is 1.27. The van der Waals surface area contributed by atoms with E-state index >= 15 is 0 Å². The number of aryl methyl sites for hydroxylation is 1. The number of fused-ring (bicyclic) bond motifs is 1. The normalized spacial score (nSPS) is 14.0. The SMILES string of the molecule is Cc1cccc(NC(=O)Nc2ccc(-c3ccc(OCCN4CCOCC4)c4onc(N)c34)cc2)c1. The number of ether oxygens (including phenoxy) is 2. The van der Waals surface area contributed by atoms with Crippen molar-refractivity contribution >= 4 is 34.2 Å². The Bertz CT molecular complexity index is 1350. The molecule has 1 fully saturated rings. The van der Waals surface area contributed by atoms with Crippen LogP contribution in [0.25, 0.3) is 22.1 Å². The van der Waals surface area contributed by atoms with Crippen molar-refractivity contribution in [2.24, 2.45) is 0 Å². The highest BCUT2D eigenvalue weighted by molar-refractivity contribution is 6.04. The maximum absolute atomic E-state index is 12.4. The fourth-order valence-electron chi connectivity index (χ4n) is 4.26. The third-order valence-electron chi connectivity index (χ3n) is 6.11. The molecule has 0 saturated carbocycles. The van der Waals surface area contributed by atoms with Crippen LogP contribution in [0.3, 0.4) is 0 Å². The van der Waals surface area contributed by atoms with Crippen LogP contribution in [0.2, 0.25) is 0 Å². The van der Waals surface area contributed by atoms with Gasteiger partial charge in [0.1, 0.15) is 6.61 Å². The Morgan fingerprint density at radius 2 is 1.83 bits per heavy atom. The number of amides is 2. The summed E-state index contributed by atoms with van der Waals surface area (Å²) in [7, 11) is 0. The number of benzene rings is 3. The number of morpholine rings is 1. The molecule has 0 unspecified atom stereocenters. The molecule has 1 aromatic heterocycles. The third kappa shape index (κ3) is 5.42. The van der Waals surface area contributed by atoms with Crippen LogP contribution >= 0.6 is 0 Å². The van der Waals surface area contributed by atoms with Crippen LogP contribution in [0, 0.1) is 6.92 Å². The highest BCUT2D eigenvalue weighted by Crippen LogP contribution is 2.38. The summed E-state index contributed by atoms with van der Waals surface area (Å²) in [5.74, 6) is 0.913. The number of hydrogen-bond donors (Lipinski definition) is 3. The average Bonchev–Trinajstić information content (AvgIpc) is 3.27. The molecule has 1 saturated heterocycles. The van der Waals surface area contributed by atoms with Crippen LogP contribution in [0.15, 0.2) is 65.2 Å². The number of urea groups is 1. The van der Waals surface area contributed by atoms with E-state index in [0.717, 1.165) is 55.2 Å². The molecule has 0 bridgehead atoms. The van der Waals surface area contributed by atoms with E-state index in [0.29, 0.717) is 34.8 Å². The van der Waals surface area contributed by atoms with Gasteiger partial charge in [0, 0.05) is 31.0 Å². The smallest absolute Gasteiger partial charge is 0.323 e. The predicted octanol–water partition coefficient (Wildman–Crippen LogP) is 4.74. The minimum Gasteiger partial charge on any atom is -0.488 e. The number of carbonyl (C=O) groups is 1. The molecule has 1 aliphatic heterocycles. The van der Waals surface area contributed by atoms with Gasteiger partial charge in [0.2, 0.25) is 5.58 Å². The maximum atomic E-state index is 12.4. The van der Waals surface area contributed by atoms with Gasteiger partial charge in [-0.05, 0) is 60.0 Å². The van der Waals surface area contributed by atoms with Gasteiger partial charge >= 0.3 is 6.03 Å². The number of nitrogens with zero attached hydrogens (tertiary/aromatic N) is 2. The van der Waals surface area contributed by atoms with E-state index in [4.69, 9.17) is 19.7 Å². The summed E-state index contributed by atoms with van der Waals surface area (Å²) in [6.45, 7) is 6.64. The molecule has 2 amide bonds. The van der Waals surface area contributed by atoms with Crippen LogP contribution in [-0.2, 0) is 4.74 Å². The van der Waals surface area contributed by atoms with Crippen LogP contribution in [0.4, 0.5) is 22.0 Å². The van der Waals surface area contributed by atoms with Gasteiger partial charge in [-0.15, -0.1) is 0 Å². The van der Waals surface area contributed by atoms with Gasteiger partial charge in [0.25, 0.3) is 0 Å². The van der Waals surface area contributed by atoms with Crippen LogP contribution in [-0.4, -0.2) is 55.5 Å². The van der Waals surface area contributed by atoms with Crippen molar-refractivity contribution in [1.29, 1.82) is 0 Å². The minimum atomic E-state index is -0.308. The average molecular weight is 488 g/mol. The van der Waals surface area contributed by atoms with Crippen LogP contribution in [0.5, 0.6) is 5.75 Å². The number of hydrogen-bond acceptors (Lipinski definition) is 7. The summed E-state index contributed by atoms with van der Waals surface area (Å²) >= 11 is 0. The zero-order chi connectivity index (χ0) is 24.9. The van der Waals surface area contributed by atoms with Gasteiger partial charge in [-0.25, -0.2) is 4.79 Å². The first-order chi connectivity index (χ1) is 17.6. The van der Waals surface area contributed by atoms with E-state index in [1.807, 2.05) is 67.6 Å². The third-order valence-corrected chi connectivity index (χ3v) is 6.11. The van der Waals surface area contributed by atoms with Crippen molar-refractivity contribution < 1.29 is 18.8 Å². The summed E-state index contributed by atoms with van der Waals surface area (Å²) in [4.78, 5) is 14.7. The van der Waals surface area contributed by atoms with Crippen LogP contribution < -0.4 is 21.1 Å². The van der Waals surface area contributed by atoms with Gasteiger partial charge in [0.05, 0.1) is 18.6 Å². The summed E-state index contributed by atoms with van der Waals surface area (Å²) in [6.07, 6.45) is 0. The lowest BCUT2D eigenvalue weighted by Crippen LogP contribution is -2.38. The molecule has 4 aromatic rings. The zero-order valence-corrected chi connectivity index (χ0v) is 20.1. The van der Waals surface area contributed by atoms with Gasteiger partial charge in [0.15, 0.2) is 11.6 Å². The van der Waals surface area contributed by atoms with E-state index in [-0.39, 0.29) is 6.03 Å². The molecule has 0 radical (unpaired) electrons. The lowest BCUT2D eigenvalue weighted by atomic mass is 10.0. The van der Waals surface area contributed by atoms with Gasteiger partial charge < -0.3 is 30.4 Å². The van der Waals surface area contributed by atoms with Crippen molar-refractivity contribution in [2.45, 2.75) is 6.92 Å². The summed E-state index contributed by atoms with van der Waals surface area (Å²) in [6, 6.07) is 18.7. The summed E-state index contributed by atoms with van der Waals surface area (Å²) in [5.41, 5.74) is 11.0. The molecule has 36 heavy (non-hydrogen) atoms. The summed E-state index contributed by atoms with van der Waals surface area (Å²) < 4.78 is 16.9. The van der Waals surface area contributed by atoms with Crippen molar-refractivity contribution in [3.8, 4) is 16.9 Å². The highest BCUT2D eigenvalue weighted by Gasteiger charge is 2.18. The minimum absolute atomic E-state index is 0.304. The second-order valence-electron chi connectivity index (χ2n) is 8.71. The zero-order valence-electron chi connectivity index (χ0n) is 20.1. The predicted molar refractivity (Wildman–Crippen MR) is 140 cm³/mol. The molecular weight excluding hydrogens is 458 g/mol. The molecule has 0 spiro atoms. The highest BCUT2D eigenvalue weighted by atomic mass is 16.5.